The SMILES string of the molecule is NC[C@@H]1CCN(C(=O)CCOc2ccc(F)cc2)C1. The third-order valence-corrected chi connectivity index (χ3v) is 3.37. The number of amides is 1. The molecular formula is C14H19FN2O2. The van der Waals surface area contributed by atoms with E-state index in [-0.39, 0.29) is 11.7 Å². The molecule has 1 fully saturated rings. The number of nitrogens with zero attached hydrogens (tertiary/aromatic N) is 1. The Balaban J connectivity index is 1.71. The first-order chi connectivity index (χ1) is 9.19. The van der Waals surface area contributed by atoms with Gasteiger partial charge in [-0.3, -0.25) is 4.79 Å². The topological polar surface area (TPSA) is 55.6 Å². The minimum absolute atomic E-state index is 0.0954. The molecule has 4 nitrogen and oxygen atoms in total. The van der Waals surface area contributed by atoms with E-state index >= 15 is 0 Å². The summed E-state index contributed by atoms with van der Waals surface area (Å²) in [5.41, 5.74) is 5.59. The van der Waals surface area contributed by atoms with Gasteiger partial charge in [-0.05, 0) is 43.1 Å². The van der Waals surface area contributed by atoms with E-state index in [0.29, 0.717) is 31.2 Å². The van der Waals surface area contributed by atoms with Gasteiger partial charge in [0.25, 0.3) is 0 Å². The van der Waals surface area contributed by atoms with Crippen molar-refractivity contribution in [1.82, 2.24) is 4.90 Å². The second-order valence-corrected chi connectivity index (χ2v) is 4.78. The highest BCUT2D eigenvalue weighted by Crippen LogP contribution is 2.16. The average Bonchev–Trinajstić information content (AvgIpc) is 2.90. The van der Waals surface area contributed by atoms with E-state index < -0.39 is 0 Å². The Morgan fingerprint density at radius 1 is 1.42 bits per heavy atom. The van der Waals surface area contributed by atoms with Crippen molar-refractivity contribution in [3.63, 3.8) is 0 Å². The lowest BCUT2D eigenvalue weighted by atomic mass is 10.1. The molecule has 0 radical (unpaired) electrons. The fourth-order valence-corrected chi connectivity index (χ4v) is 2.20. The number of halogens is 1. The van der Waals surface area contributed by atoms with Gasteiger partial charge in [0, 0.05) is 13.1 Å². The molecule has 1 aliphatic heterocycles. The van der Waals surface area contributed by atoms with E-state index in [2.05, 4.69) is 0 Å². The van der Waals surface area contributed by atoms with Gasteiger partial charge in [-0.25, -0.2) is 4.39 Å². The van der Waals surface area contributed by atoms with Crippen molar-refractivity contribution in [2.75, 3.05) is 26.2 Å². The summed E-state index contributed by atoms with van der Waals surface area (Å²) < 4.78 is 18.1. The number of carbonyl (C=O) groups excluding carboxylic acids is 1. The first kappa shape index (κ1) is 13.8. The van der Waals surface area contributed by atoms with Gasteiger partial charge in [-0.15, -0.1) is 0 Å². The highest BCUT2D eigenvalue weighted by Gasteiger charge is 2.24. The third kappa shape index (κ3) is 3.92. The first-order valence-corrected chi connectivity index (χ1v) is 6.55. The second-order valence-electron chi connectivity index (χ2n) is 4.78. The molecule has 0 unspecified atom stereocenters. The Labute approximate surface area is 112 Å². The molecule has 0 aromatic heterocycles. The molecule has 0 spiro atoms. The summed E-state index contributed by atoms with van der Waals surface area (Å²) >= 11 is 0. The zero-order valence-corrected chi connectivity index (χ0v) is 10.8. The Morgan fingerprint density at radius 3 is 2.79 bits per heavy atom. The summed E-state index contributed by atoms with van der Waals surface area (Å²) in [7, 11) is 0. The van der Waals surface area contributed by atoms with Gasteiger partial charge in [-0.2, -0.15) is 0 Å². The molecule has 1 amide bonds. The fourth-order valence-electron chi connectivity index (χ4n) is 2.20. The van der Waals surface area contributed by atoms with Gasteiger partial charge >= 0.3 is 0 Å². The molecule has 104 valence electrons. The fraction of sp³-hybridized carbons (Fsp3) is 0.500. The minimum Gasteiger partial charge on any atom is -0.493 e. The molecule has 1 heterocycles. The summed E-state index contributed by atoms with van der Waals surface area (Å²) in [6, 6.07) is 5.78. The number of carbonyl (C=O) groups is 1. The Hall–Kier alpha value is -1.62. The van der Waals surface area contributed by atoms with Crippen LogP contribution in [0.25, 0.3) is 0 Å². The van der Waals surface area contributed by atoms with Gasteiger partial charge < -0.3 is 15.4 Å². The summed E-state index contributed by atoms with van der Waals surface area (Å²) in [4.78, 5) is 13.7. The smallest absolute Gasteiger partial charge is 0.226 e. The van der Waals surface area contributed by atoms with Crippen LogP contribution in [0.2, 0.25) is 0 Å². The summed E-state index contributed by atoms with van der Waals surface area (Å²) in [5.74, 6) is 0.809. The van der Waals surface area contributed by atoms with Crippen LogP contribution < -0.4 is 10.5 Å². The molecule has 1 aromatic carbocycles. The number of rotatable bonds is 5. The van der Waals surface area contributed by atoms with Crippen molar-refractivity contribution in [3.05, 3.63) is 30.1 Å². The van der Waals surface area contributed by atoms with Crippen LogP contribution >= 0.6 is 0 Å². The van der Waals surface area contributed by atoms with E-state index in [4.69, 9.17) is 10.5 Å². The molecule has 0 bridgehead atoms. The van der Waals surface area contributed by atoms with Crippen LogP contribution in [0.3, 0.4) is 0 Å². The molecule has 19 heavy (non-hydrogen) atoms. The van der Waals surface area contributed by atoms with Crippen molar-refractivity contribution in [1.29, 1.82) is 0 Å². The molecular weight excluding hydrogens is 247 g/mol. The lowest BCUT2D eigenvalue weighted by Gasteiger charge is -2.16. The van der Waals surface area contributed by atoms with Crippen molar-refractivity contribution in [2.24, 2.45) is 11.7 Å². The van der Waals surface area contributed by atoms with Crippen LogP contribution in [0.4, 0.5) is 4.39 Å². The van der Waals surface area contributed by atoms with Crippen LogP contribution in [-0.2, 0) is 4.79 Å². The minimum atomic E-state index is -0.298. The molecule has 5 heteroatoms. The quantitative estimate of drug-likeness (QED) is 0.876. The molecule has 1 saturated heterocycles. The largest absolute Gasteiger partial charge is 0.493 e. The number of hydrogen-bond acceptors (Lipinski definition) is 3. The van der Waals surface area contributed by atoms with E-state index in [9.17, 15) is 9.18 Å². The number of ether oxygens (including phenoxy) is 1. The summed E-state index contributed by atoms with van der Waals surface area (Å²) in [6.45, 7) is 2.49. The van der Waals surface area contributed by atoms with Gasteiger partial charge in [-0.1, -0.05) is 0 Å². The standard InChI is InChI=1S/C14H19FN2O2/c15-12-1-3-13(4-2-12)19-8-6-14(18)17-7-5-11(9-16)10-17/h1-4,11H,5-10,16H2/t11-/m0/s1. The van der Waals surface area contributed by atoms with Crippen molar-refractivity contribution < 1.29 is 13.9 Å². The molecule has 1 aromatic rings. The highest BCUT2D eigenvalue weighted by molar-refractivity contribution is 5.76. The predicted molar refractivity (Wildman–Crippen MR) is 70.3 cm³/mol. The third-order valence-electron chi connectivity index (χ3n) is 3.37. The number of benzene rings is 1. The van der Waals surface area contributed by atoms with Crippen LogP contribution in [0.5, 0.6) is 5.75 Å². The summed E-state index contributed by atoms with van der Waals surface area (Å²) in [6.07, 6.45) is 1.33. The average molecular weight is 266 g/mol. The maximum atomic E-state index is 12.7. The normalized spacial score (nSPS) is 18.6. The van der Waals surface area contributed by atoms with Gasteiger partial charge in [0.1, 0.15) is 11.6 Å². The summed E-state index contributed by atoms with van der Waals surface area (Å²) in [5, 5.41) is 0. The molecule has 1 aliphatic rings. The molecule has 2 rings (SSSR count). The monoisotopic (exact) mass is 266 g/mol. The van der Waals surface area contributed by atoms with Gasteiger partial charge in [0.15, 0.2) is 0 Å². The number of hydrogen-bond donors (Lipinski definition) is 1. The van der Waals surface area contributed by atoms with Crippen molar-refractivity contribution >= 4 is 5.91 Å². The lowest BCUT2D eigenvalue weighted by molar-refractivity contribution is -0.130. The lowest BCUT2D eigenvalue weighted by Crippen LogP contribution is -2.30. The zero-order chi connectivity index (χ0) is 13.7. The molecule has 2 N–H and O–H groups in total. The maximum Gasteiger partial charge on any atom is 0.226 e. The Morgan fingerprint density at radius 2 is 2.16 bits per heavy atom. The first-order valence-electron chi connectivity index (χ1n) is 6.55. The molecule has 0 aliphatic carbocycles. The maximum absolute atomic E-state index is 12.7. The van der Waals surface area contributed by atoms with Gasteiger partial charge in [0.2, 0.25) is 5.91 Å². The number of nitrogens with two attached hydrogens (primary N) is 1. The van der Waals surface area contributed by atoms with Crippen molar-refractivity contribution in [2.45, 2.75) is 12.8 Å². The van der Waals surface area contributed by atoms with Gasteiger partial charge in [0.05, 0.1) is 13.0 Å². The Bertz CT molecular complexity index is 422. The van der Waals surface area contributed by atoms with E-state index in [0.717, 1.165) is 19.5 Å². The van der Waals surface area contributed by atoms with E-state index in [1.165, 1.54) is 12.1 Å². The Kier molecular flexibility index (Phi) is 4.74. The van der Waals surface area contributed by atoms with E-state index in [1.54, 1.807) is 12.1 Å². The molecule has 0 saturated carbocycles. The molecule has 1 atom stereocenters. The van der Waals surface area contributed by atoms with Crippen LogP contribution in [-0.4, -0.2) is 37.0 Å². The zero-order valence-electron chi connectivity index (χ0n) is 10.8. The van der Waals surface area contributed by atoms with Crippen LogP contribution in [0.1, 0.15) is 12.8 Å². The van der Waals surface area contributed by atoms with E-state index in [1.807, 2.05) is 4.90 Å². The highest BCUT2D eigenvalue weighted by atomic mass is 19.1. The van der Waals surface area contributed by atoms with Crippen LogP contribution in [0, 0.1) is 11.7 Å². The van der Waals surface area contributed by atoms with Crippen molar-refractivity contribution in [3.8, 4) is 5.75 Å². The number of likely N-dealkylation sites (tertiary alicyclic amines) is 1. The predicted octanol–water partition coefficient (Wildman–Crippen LogP) is 1.40. The second kappa shape index (κ2) is 6.52. The van der Waals surface area contributed by atoms with Crippen LogP contribution in [0.15, 0.2) is 24.3 Å².